The van der Waals surface area contributed by atoms with Crippen LogP contribution in [0.4, 0.5) is 8.78 Å². The molecule has 0 radical (unpaired) electrons. The zero-order valence-electron chi connectivity index (χ0n) is 17.0. The lowest BCUT2D eigenvalue weighted by Gasteiger charge is -2.22. The first-order valence-electron chi connectivity index (χ1n) is 10.1. The fraction of sp³-hybridized carbons (Fsp3) is 0.435. The number of halogens is 2. The summed E-state index contributed by atoms with van der Waals surface area (Å²) in [4.78, 5) is 11.7. The standard InChI is InChI=1S/C23H26F2O5/c1-16(26)17-9-10-21(30-15-18-19(24)6-4-7-20(18)25)22(14-17)27-12-5-13-29-23-8-2-3-11-28-23/h4,6-7,9-10,14,23H,2-3,5,8,11-13,15H2,1H3/t23-/m0/s1. The summed E-state index contributed by atoms with van der Waals surface area (Å²) in [7, 11) is 0. The molecule has 3 rings (SSSR count). The normalized spacial score (nSPS) is 16.3. The Labute approximate surface area is 174 Å². The van der Waals surface area contributed by atoms with Gasteiger partial charge in [-0.1, -0.05) is 6.07 Å². The van der Waals surface area contributed by atoms with Crippen LogP contribution < -0.4 is 9.47 Å². The highest BCUT2D eigenvalue weighted by atomic mass is 19.1. The van der Waals surface area contributed by atoms with Gasteiger partial charge >= 0.3 is 0 Å². The number of carbonyl (C=O) groups is 1. The lowest BCUT2D eigenvalue weighted by Crippen LogP contribution is -2.23. The molecule has 2 aromatic carbocycles. The molecule has 5 nitrogen and oxygen atoms in total. The molecule has 7 heteroatoms. The van der Waals surface area contributed by atoms with Crippen LogP contribution in [0.2, 0.25) is 0 Å². The third kappa shape index (κ3) is 6.24. The summed E-state index contributed by atoms with van der Waals surface area (Å²) in [5.74, 6) is -0.836. The topological polar surface area (TPSA) is 54.0 Å². The minimum Gasteiger partial charge on any atom is -0.490 e. The lowest BCUT2D eigenvalue weighted by molar-refractivity contribution is -0.163. The molecule has 0 saturated carbocycles. The summed E-state index contributed by atoms with van der Waals surface area (Å²) in [6.07, 6.45) is 3.52. The highest BCUT2D eigenvalue weighted by Gasteiger charge is 2.15. The van der Waals surface area contributed by atoms with Gasteiger partial charge in [-0.15, -0.1) is 0 Å². The number of Topliss-reactive ketones (excluding diaryl/α,β-unsaturated/α-hetero) is 1. The maximum atomic E-state index is 13.8. The van der Waals surface area contributed by atoms with Crippen LogP contribution in [0, 0.1) is 11.6 Å². The Morgan fingerprint density at radius 3 is 2.57 bits per heavy atom. The van der Waals surface area contributed by atoms with Crippen LogP contribution in [0.15, 0.2) is 36.4 Å². The molecule has 0 bridgehead atoms. The second kappa shape index (κ2) is 11.0. The van der Waals surface area contributed by atoms with Crippen molar-refractivity contribution in [1.29, 1.82) is 0 Å². The van der Waals surface area contributed by atoms with Crippen molar-refractivity contribution in [2.24, 2.45) is 0 Å². The molecule has 0 N–H and O–H groups in total. The predicted octanol–water partition coefficient (Wildman–Crippen LogP) is 5.06. The molecule has 1 fully saturated rings. The number of ketones is 1. The Balaban J connectivity index is 1.58. The third-order valence-electron chi connectivity index (χ3n) is 4.77. The molecule has 162 valence electrons. The van der Waals surface area contributed by atoms with E-state index in [1.54, 1.807) is 18.2 Å². The third-order valence-corrected chi connectivity index (χ3v) is 4.77. The van der Waals surface area contributed by atoms with Crippen LogP contribution in [0.3, 0.4) is 0 Å². The molecule has 1 heterocycles. The number of carbonyl (C=O) groups excluding carboxylic acids is 1. The summed E-state index contributed by atoms with van der Waals surface area (Å²) >= 11 is 0. The Hall–Kier alpha value is -2.51. The maximum absolute atomic E-state index is 13.8. The molecule has 0 spiro atoms. The van der Waals surface area contributed by atoms with Gasteiger partial charge in [0.15, 0.2) is 23.6 Å². The molecular weight excluding hydrogens is 394 g/mol. The molecule has 0 amide bonds. The maximum Gasteiger partial charge on any atom is 0.161 e. The van der Waals surface area contributed by atoms with Gasteiger partial charge < -0.3 is 18.9 Å². The van der Waals surface area contributed by atoms with Gasteiger partial charge in [0.05, 0.1) is 18.8 Å². The van der Waals surface area contributed by atoms with E-state index < -0.39 is 11.6 Å². The van der Waals surface area contributed by atoms with Gasteiger partial charge in [0, 0.05) is 18.6 Å². The fourth-order valence-electron chi connectivity index (χ4n) is 3.08. The number of rotatable bonds is 10. The van der Waals surface area contributed by atoms with E-state index >= 15 is 0 Å². The van der Waals surface area contributed by atoms with Crippen LogP contribution in [0.5, 0.6) is 11.5 Å². The molecule has 0 aromatic heterocycles. The van der Waals surface area contributed by atoms with Crippen molar-refractivity contribution in [1.82, 2.24) is 0 Å². The first-order chi connectivity index (χ1) is 14.5. The van der Waals surface area contributed by atoms with E-state index in [-0.39, 0.29) is 24.2 Å². The summed E-state index contributed by atoms with van der Waals surface area (Å²) in [5, 5.41) is 0. The van der Waals surface area contributed by atoms with Crippen molar-refractivity contribution < 1.29 is 32.5 Å². The molecule has 30 heavy (non-hydrogen) atoms. The van der Waals surface area contributed by atoms with Crippen molar-refractivity contribution >= 4 is 5.78 Å². The summed E-state index contributed by atoms with van der Waals surface area (Å²) in [6.45, 7) is 2.69. The van der Waals surface area contributed by atoms with E-state index in [4.69, 9.17) is 18.9 Å². The molecule has 0 aliphatic carbocycles. The summed E-state index contributed by atoms with van der Waals surface area (Å²) in [5.41, 5.74) is 0.293. The molecular formula is C23H26F2O5. The van der Waals surface area contributed by atoms with Crippen molar-refractivity contribution in [2.45, 2.75) is 45.5 Å². The number of hydrogen-bond acceptors (Lipinski definition) is 5. The first-order valence-corrected chi connectivity index (χ1v) is 10.1. The summed E-state index contributed by atoms with van der Waals surface area (Å²) < 4.78 is 50.3. The molecule has 0 unspecified atom stereocenters. The van der Waals surface area contributed by atoms with Crippen molar-refractivity contribution in [3.05, 3.63) is 59.2 Å². The fourth-order valence-corrected chi connectivity index (χ4v) is 3.08. The van der Waals surface area contributed by atoms with Gasteiger partial charge in [-0.3, -0.25) is 4.79 Å². The van der Waals surface area contributed by atoms with Gasteiger partial charge in [0.2, 0.25) is 0 Å². The predicted molar refractivity (Wildman–Crippen MR) is 107 cm³/mol. The van der Waals surface area contributed by atoms with E-state index in [1.165, 1.54) is 25.1 Å². The van der Waals surface area contributed by atoms with E-state index in [0.29, 0.717) is 36.7 Å². The average molecular weight is 420 g/mol. The number of hydrogen-bond donors (Lipinski definition) is 0. The van der Waals surface area contributed by atoms with Gasteiger partial charge in [0.1, 0.15) is 18.2 Å². The van der Waals surface area contributed by atoms with E-state index in [1.807, 2.05) is 0 Å². The second-order valence-corrected chi connectivity index (χ2v) is 7.08. The van der Waals surface area contributed by atoms with E-state index in [2.05, 4.69) is 0 Å². The smallest absolute Gasteiger partial charge is 0.161 e. The Kier molecular flexibility index (Phi) is 8.16. The summed E-state index contributed by atoms with van der Waals surface area (Å²) in [6, 6.07) is 8.37. The van der Waals surface area contributed by atoms with Crippen LogP contribution in [-0.4, -0.2) is 31.9 Å². The number of benzene rings is 2. The van der Waals surface area contributed by atoms with Gasteiger partial charge in [-0.2, -0.15) is 0 Å². The quantitative estimate of drug-likeness (QED) is 0.397. The SMILES string of the molecule is CC(=O)c1ccc(OCc2c(F)cccc2F)c(OCCCO[C@H]2CCCCO2)c1. The minimum atomic E-state index is -0.681. The van der Waals surface area contributed by atoms with Crippen LogP contribution >= 0.6 is 0 Å². The Morgan fingerprint density at radius 1 is 1.07 bits per heavy atom. The zero-order chi connectivity index (χ0) is 21.3. The molecule has 2 aromatic rings. The Morgan fingerprint density at radius 2 is 1.87 bits per heavy atom. The van der Waals surface area contributed by atoms with Crippen molar-refractivity contribution in [3.63, 3.8) is 0 Å². The largest absolute Gasteiger partial charge is 0.490 e. The van der Waals surface area contributed by atoms with Crippen LogP contribution in [0.25, 0.3) is 0 Å². The van der Waals surface area contributed by atoms with Gasteiger partial charge in [0.25, 0.3) is 0 Å². The Bertz CT molecular complexity index is 829. The highest BCUT2D eigenvalue weighted by Crippen LogP contribution is 2.30. The first kappa shape index (κ1) is 22.2. The lowest BCUT2D eigenvalue weighted by atomic mass is 10.1. The van der Waals surface area contributed by atoms with Gasteiger partial charge in [-0.25, -0.2) is 8.78 Å². The van der Waals surface area contributed by atoms with Crippen molar-refractivity contribution in [2.75, 3.05) is 19.8 Å². The molecule has 1 aliphatic heterocycles. The molecule has 1 saturated heterocycles. The zero-order valence-corrected chi connectivity index (χ0v) is 17.0. The van der Waals surface area contributed by atoms with E-state index in [0.717, 1.165) is 25.9 Å². The number of ether oxygens (including phenoxy) is 4. The second-order valence-electron chi connectivity index (χ2n) is 7.08. The van der Waals surface area contributed by atoms with E-state index in [9.17, 15) is 13.6 Å². The minimum absolute atomic E-state index is 0.121. The molecule has 1 atom stereocenters. The monoisotopic (exact) mass is 420 g/mol. The average Bonchev–Trinajstić information content (AvgIpc) is 2.74. The van der Waals surface area contributed by atoms with Crippen LogP contribution in [0.1, 0.15) is 48.5 Å². The van der Waals surface area contributed by atoms with Gasteiger partial charge in [-0.05, 0) is 56.5 Å². The van der Waals surface area contributed by atoms with Crippen molar-refractivity contribution in [3.8, 4) is 11.5 Å². The highest BCUT2D eigenvalue weighted by molar-refractivity contribution is 5.94. The van der Waals surface area contributed by atoms with Crippen LogP contribution in [-0.2, 0) is 16.1 Å². The molecule has 1 aliphatic rings.